The average Bonchev–Trinajstić information content (AvgIpc) is 2.68. The largest absolute Gasteiger partial charge is 0.393 e. The first-order valence-corrected chi connectivity index (χ1v) is 8.42. The summed E-state index contributed by atoms with van der Waals surface area (Å²) in [6.45, 7) is 1.80. The Morgan fingerprint density at radius 2 is 2.08 bits per heavy atom. The highest BCUT2D eigenvalue weighted by molar-refractivity contribution is 5.82. The predicted octanol–water partition coefficient (Wildman–Crippen LogP) is 1.14. The summed E-state index contributed by atoms with van der Waals surface area (Å²) >= 11 is 0. The molecule has 6 heteroatoms. The van der Waals surface area contributed by atoms with E-state index in [1.807, 2.05) is 30.3 Å². The molecule has 0 saturated carbocycles. The monoisotopic (exact) mass is 335 g/mol. The Hall–Kier alpha value is -1.47. The van der Waals surface area contributed by atoms with E-state index in [1.165, 1.54) is 0 Å². The molecule has 0 bridgehead atoms. The second-order valence-corrected chi connectivity index (χ2v) is 6.40. The molecule has 1 unspecified atom stereocenters. The van der Waals surface area contributed by atoms with Gasteiger partial charge >= 0.3 is 0 Å². The van der Waals surface area contributed by atoms with Gasteiger partial charge in [0.05, 0.1) is 26.4 Å². The third kappa shape index (κ3) is 3.47. The van der Waals surface area contributed by atoms with Gasteiger partial charge in [0.25, 0.3) is 5.91 Å². The molecule has 0 aromatic heterocycles. The van der Waals surface area contributed by atoms with Crippen LogP contribution in [0.2, 0.25) is 0 Å². The number of nitrogens with zero attached hydrogens (tertiary/aromatic N) is 1. The summed E-state index contributed by atoms with van der Waals surface area (Å²) < 4.78 is 17.1. The van der Waals surface area contributed by atoms with Crippen molar-refractivity contribution < 1.29 is 24.1 Å². The van der Waals surface area contributed by atoms with Crippen molar-refractivity contribution in [2.45, 2.75) is 30.7 Å². The third-order valence-electron chi connectivity index (χ3n) is 4.90. The van der Waals surface area contributed by atoms with Crippen molar-refractivity contribution in [1.29, 1.82) is 0 Å². The van der Waals surface area contributed by atoms with Crippen LogP contribution >= 0.6 is 0 Å². The number of piperidine rings is 1. The molecule has 0 spiro atoms. The number of benzene rings is 1. The maximum Gasteiger partial charge on any atom is 0.254 e. The van der Waals surface area contributed by atoms with E-state index in [1.54, 1.807) is 12.0 Å². The normalized spacial score (nSPS) is 31.0. The minimum absolute atomic E-state index is 0.0990. The molecule has 2 aliphatic heterocycles. The number of aliphatic hydroxyl groups excluding tert-OH is 1. The van der Waals surface area contributed by atoms with Crippen LogP contribution in [-0.4, -0.2) is 67.6 Å². The van der Waals surface area contributed by atoms with Gasteiger partial charge in [-0.3, -0.25) is 4.79 Å². The highest BCUT2D eigenvalue weighted by atomic mass is 16.6. The van der Waals surface area contributed by atoms with Crippen molar-refractivity contribution in [2.75, 3.05) is 40.0 Å². The lowest BCUT2D eigenvalue weighted by molar-refractivity contribution is -0.182. The molecule has 3 atom stereocenters. The second-order valence-electron chi connectivity index (χ2n) is 6.40. The standard InChI is InChI=1S/C18H25NO5/c1-22-18(13-20)8-5-9-19(12-18)17(21)16-15(23-10-11-24-16)14-6-3-2-4-7-14/h2-4,6-7,15-16,20H,5,8-13H2,1H3/t15-,16-,18?/m1/s1. The SMILES string of the molecule is COC1(CO)CCCN(C(=O)[C@@H]2OCCO[C@@H]2c2ccccc2)C1. The average molecular weight is 335 g/mol. The molecule has 6 nitrogen and oxygen atoms in total. The van der Waals surface area contributed by atoms with Crippen LogP contribution < -0.4 is 0 Å². The first-order chi connectivity index (χ1) is 11.7. The Morgan fingerprint density at radius 3 is 2.79 bits per heavy atom. The van der Waals surface area contributed by atoms with E-state index >= 15 is 0 Å². The fourth-order valence-corrected chi connectivity index (χ4v) is 3.47. The van der Waals surface area contributed by atoms with Gasteiger partial charge in [0.15, 0.2) is 6.10 Å². The van der Waals surface area contributed by atoms with Gasteiger partial charge in [-0.1, -0.05) is 30.3 Å². The summed E-state index contributed by atoms with van der Waals surface area (Å²) in [6.07, 6.45) is 0.477. The van der Waals surface area contributed by atoms with E-state index in [0.29, 0.717) is 26.3 Å². The quantitative estimate of drug-likeness (QED) is 0.894. The van der Waals surface area contributed by atoms with E-state index < -0.39 is 17.8 Å². The minimum atomic E-state index is -0.675. The molecule has 132 valence electrons. The first-order valence-electron chi connectivity index (χ1n) is 8.42. The van der Waals surface area contributed by atoms with E-state index in [-0.39, 0.29) is 12.5 Å². The molecule has 24 heavy (non-hydrogen) atoms. The molecule has 2 heterocycles. The number of amides is 1. The summed E-state index contributed by atoms with van der Waals surface area (Å²) in [4.78, 5) is 14.8. The Bertz CT molecular complexity index is 546. The van der Waals surface area contributed by atoms with Crippen LogP contribution in [0.4, 0.5) is 0 Å². The van der Waals surface area contributed by atoms with Crippen LogP contribution in [0.3, 0.4) is 0 Å². The van der Waals surface area contributed by atoms with Gasteiger partial charge in [0.1, 0.15) is 11.7 Å². The lowest BCUT2D eigenvalue weighted by atomic mass is 9.92. The summed E-state index contributed by atoms with van der Waals surface area (Å²) in [5.74, 6) is -0.0990. The lowest BCUT2D eigenvalue weighted by Crippen LogP contribution is -2.57. The van der Waals surface area contributed by atoms with Crippen LogP contribution in [0.15, 0.2) is 30.3 Å². The number of aliphatic hydroxyl groups is 1. The summed E-state index contributed by atoms with van der Waals surface area (Å²) in [7, 11) is 1.58. The summed E-state index contributed by atoms with van der Waals surface area (Å²) in [6, 6.07) is 9.68. The van der Waals surface area contributed by atoms with E-state index in [0.717, 1.165) is 18.4 Å². The lowest BCUT2D eigenvalue weighted by Gasteiger charge is -2.43. The number of ether oxygens (including phenoxy) is 3. The molecule has 1 aromatic rings. The zero-order valence-corrected chi connectivity index (χ0v) is 14.0. The predicted molar refractivity (Wildman–Crippen MR) is 87.5 cm³/mol. The Morgan fingerprint density at radius 1 is 1.33 bits per heavy atom. The van der Waals surface area contributed by atoms with Gasteiger partial charge in [-0.15, -0.1) is 0 Å². The molecule has 1 N–H and O–H groups in total. The first kappa shape index (κ1) is 17.4. The van der Waals surface area contributed by atoms with Crippen molar-refractivity contribution in [3.8, 4) is 0 Å². The van der Waals surface area contributed by atoms with E-state index in [2.05, 4.69) is 0 Å². The maximum absolute atomic E-state index is 13.0. The summed E-state index contributed by atoms with van der Waals surface area (Å²) in [5.41, 5.74) is 0.263. The van der Waals surface area contributed by atoms with Gasteiger partial charge in [0.2, 0.25) is 0 Å². The Balaban J connectivity index is 1.77. The Labute approximate surface area is 142 Å². The number of carbonyl (C=O) groups is 1. The van der Waals surface area contributed by atoms with Gasteiger partial charge < -0.3 is 24.2 Å². The minimum Gasteiger partial charge on any atom is -0.393 e. The second kappa shape index (κ2) is 7.61. The highest BCUT2D eigenvalue weighted by Crippen LogP contribution is 2.30. The van der Waals surface area contributed by atoms with Crippen LogP contribution in [0.1, 0.15) is 24.5 Å². The van der Waals surface area contributed by atoms with Crippen molar-refractivity contribution in [1.82, 2.24) is 4.90 Å². The molecule has 0 aliphatic carbocycles. The third-order valence-corrected chi connectivity index (χ3v) is 4.90. The molecule has 2 aliphatic rings. The molecule has 2 fully saturated rings. The smallest absolute Gasteiger partial charge is 0.254 e. The fourth-order valence-electron chi connectivity index (χ4n) is 3.47. The van der Waals surface area contributed by atoms with Crippen LogP contribution in [0.25, 0.3) is 0 Å². The van der Waals surface area contributed by atoms with E-state index in [9.17, 15) is 9.90 Å². The molecule has 1 aromatic carbocycles. The number of hydrogen-bond acceptors (Lipinski definition) is 5. The van der Waals surface area contributed by atoms with Crippen molar-refractivity contribution in [3.63, 3.8) is 0 Å². The van der Waals surface area contributed by atoms with Gasteiger partial charge in [-0.2, -0.15) is 0 Å². The number of likely N-dealkylation sites (tertiary alicyclic amines) is 1. The van der Waals surface area contributed by atoms with Gasteiger partial charge in [-0.25, -0.2) is 0 Å². The van der Waals surface area contributed by atoms with Crippen LogP contribution in [-0.2, 0) is 19.0 Å². The number of hydrogen-bond donors (Lipinski definition) is 1. The van der Waals surface area contributed by atoms with Crippen LogP contribution in [0.5, 0.6) is 0 Å². The zero-order valence-electron chi connectivity index (χ0n) is 14.0. The van der Waals surface area contributed by atoms with Crippen molar-refractivity contribution >= 4 is 5.91 Å². The molecular formula is C18H25NO5. The van der Waals surface area contributed by atoms with Crippen molar-refractivity contribution in [3.05, 3.63) is 35.9 Å². The fraction of sp³-hybridized carbons (Fsp3) is 0.611. The molecule has 1 amide bonds. The zero-order chi connectivity index (χ0) is 17.0. The van der Waals surface area contributed by atoms with Crippen molar-refractivity contribution in [2.24, 2.45) is 0 Å². The van der Waals surface area contributed by atoms with E-state index in [4.69, 9.17) is 14.2 Å². The Kier molecular flexibility index (Phi) is 5.50. The van der Waals surface area contributed by atoms with Crippen LogP contribution in [0, 0.1) is 0 Å². The number of rotatable bonds is 4. The maximum atomic E-state index is 13.0. The number of methoxy groups -OCH3 is 1. The topological polar surface area (TPSA) is 68.2 Å². The number of carbonyl (C=O) groups excluding carboxylic acids is 1. The van der Waals surface area contributed by atoms with Gasteiger partial charge in [0, 0.05) is 13.7 Å². The molecule has 2 saturated heterocycles. The molecule has 0 radical (unpaired) electrons. The molecular weight excluding hydrogens is 310 g/mol. The molecule has 3 rings (SSSR count). The van der Waals surface area contributed by atoms with Gasteiger partial charge in [-0.05, 0) is 18.4 Å². The summed E-state index contributed by atoms with van der Waals surface area (Å²) in [5, 5.41) is 9.66. The highest BCUT2D eigenvalue weighted by Gasteiger charge is 2.42.